The molecule has 0 aliphatic rings. The van der Waals surface area contributed by atoms with Gasteiger partial charge in [-0.2, -0.15) is 0 Å². The van der Waals surface area contributed by atoms with E-state index in [1.165, 1.54) is 0 Å². The van der Waals surface area contributed by atoms with E-state index in [4.69, 9.17) is 9.90 Å². The van der Waals surface area contributed by atoms with E-state index < -0.39 is 5.97 Å². The normalized spacial score (nSPS) is 9.47. The third-order valence-corrected chi connectivity index (χ3v) is 2.12. The fraction of sp³-hybridized carbons (Fsp3) is 0.100. The molecule has 0 bridgehead atoms. The zero-order valence-electron chi connectivity index (χ0n) is 7.99. The maximum absolute atomic E-state index is 9.28. The number of carboxylic acid groups (broad SMARTS) is 1. The first-order chi connectivity index (χ1) is 7.00. The highest BCUT2D eigenvalue weighted by Crippen LogP contribution is 2.26. The van der Waals surface area contributed by atoms with E-state index in [0.29, 0.717) is 5.75 Å². The number of hydrogen-bond acceptors (Lipinski definition) is 2. The summed E-state index contributed by atoms with van der Waals surface area (Å²) in [4.78, 5) is 11.9. The molecule has 80 valence electrons. The summed E-state index contributed by atoms with van der Waals surface area (Å²) in [6, 6.07) is 5.72. The van der Waals surface area contributed by atoms with Crippen molar-refractivity contribution in [3.05, 3.63) is 28.9 Å². The summed E-state index contributed by atoms with van der Waals surface area (Å²) in [5.41, 5.74) is 0.950. The second-order valence-electron chi connectivity index (χ2n) is 2.88. The fourth-order valence-electron chi connectivity index (χ4n) is 1.08. The molecule has 5 heteroatoms. The van der Waals surface area contributed by atoms with Gasteiger partial charge in [0.1, 0.15) is 5.75 Å². The zero-order chi connectivity index (χ0) is 11.4. The maximum atomic E-state index is 9.28. The number of carbonyl (C=O) groups is 1. The number of hydrogen-bond donors (Lipinski definition) is 3. The van der Waals surface area contributed by atoms with Crippen LogP contribution in [-0.2, 0) is 4.79 Å². The van der Waals surface area contributed by atoms with Crippen molar-refractivity contribution in [2.45, 2.75) is 6.92 Å². The van der Waals surface area contributed by atoms with Crippen molar-refractivity contribution in [3.8, 4) is 5.75 Å². The highest BCUT2D eigenvalue weighted by Gasteiger charge is 2.00. The smallest absolute Gasteiger partial charge is 0.300 e. The van der Waals surface area contributed by atoms with E-state index in [1.807, 2.05) is 18.2 Å². The fourth-order valence-corrected chi connectivity index (χ4v) is 1.44. The van der Waals surface area contributed by atoms with Crippen molar-refractivity contribution < 1.29 is 15.0 Å². The van der Waals surface area contributed by atoms with Gasteiger partial charge < -0.3 is 15.2 Å². The number of nitrogens with one attached hydrogen (secondary N) is 1. The molecule has 2 aromatic rings. The molecule has 0 amide bonds. The number of aromatic hydroxyl groups is 1. The SMILES string of the molecule is CC(=O)O.Oc1c[nH]c2ccc(Br)cc12. The topological polar surface area (TPSA) is 73.3 Å². The van der Waals surface area contributed by atoms with Crippen molar-refractivity contribution >= 4 is 32.8 Å². The Morgan fingerprint density at radius 2 is 2.07 bits per heavy atom. The lowest BCUT2D eigenvalue weighted by Gasteiger charge is -1.90. The van der Waals surface area contributed by atoms with Gasteiger partial charge in [0.05, 0.1) is 0 Å². The molecule has 1 heterocycles. The molecule has 0 fully saturated rings. The number of H-pyrrole nitrogens is 1. The van der Waals surface area contributed by atoms with Gasteiger partial charge in [-0.25, -0.2) is 0 Å². The van der Waals surface area contributed by atoms with Crippen molar-refractivity contribution in [1.82, 2.24) is 4.98 Å². The summed E-state index contributed by atoms with van der Waals surface area (Å²) in [5.74, 6) is -0.540. The number of aromatic nitrogens is 1. The quantitative estimate of drug-likeness (QED) is 0.690. The summed E-state index contributed by atoms with van der Waals surface area (Å²) >= 11 is 3.33. The zero-order valence-corrected chi connectivity index (χ0v) is 9.58. The van der Waals surface area contributed by atoms with Crippen LogP contribution in [0.4, 0.5) is 0 Å². The van der Waals surface area contributed by atoms with Gasteiger partial charge in [0.15, 0.2) is 0 Å². The Bertz CT molecular complexity index is 474. The van der Waals surface area contributed by atoms with Crippen LogP contribution in [0.25, 0.3) is 10.9 Å². The Hall–Kier alpha value is -1.49. The van der Waals surface area contributed by atoms with E-state index in [1.54, 1.807) is 6.20 Å². The van der Waals surface area contributed by atoms with E-state index in [2.05, 4.69) is 20.9 Å². The predicted octanol–water partition coefficient (Wildman–Crippen LogP) is 2.73. The Balaban J connectivity index is 0.000000245. The van der Waals surface area contributed by atoms with Gasteiger partial charge in [-0.3, -0.25) is 4.79 Å². The number of carboxylic acids is 1. The highest BCUT2D eigenvalue weighted by molar-refractivity contribution is 9.10. The number of aromatic amines is 1. The Kier molecular flexibility index (Phi) is 3.74. The van der Waals surface area contributed by atoms with Crippen LogP contribution in [0.1, 0.15) is 6.92 Å². The molecule has 0 atom stereocenters. The van der Waals surface area contributed by atoms with Crippen LogP contribution in [0.2, 0.25) is 0 Å². The molecule has 4 nitrogen and oxygen atoms in total. The molecule has 0 radical (unpaired) electrons. The number of fused-ring (bicyclic) bond motifs is 1. The van der Waals surface area contributed by atoms with Crippen LogP contribution in [0.5, 0.6) is 5.75 Å². The average molecular weight is 272 g/mol. The summed E-state index contributed by atoms with van der Waals surface area (Å²) < 4.78 is 0.972. The number of halogens is 1. The third-order valence-electron chi connectivity index (χ3n) is 1.62. The first-order valence-electron chi connectivity index (χ1n) is 4.16. The standard InChI is InChI=1S/C8H6BrNO.C2H4O2/c9-5-1-2-7-6(3-5)8(11)4-10-7;1-2(3)4/h1-4,10-11H;1H3,(H,3,4). The second kappa shape index (κ2) is 4.84. The molecule has 0 aliphatic carbocycles. The molecule has 0 saturated carbocycles. The molecule has 2 rings (SSSR count). The van der Waals surface area contributed by atoms with E-state index >= 15 is 0 Å². The minimum Gasteiger partial charge on any atom is -0.506 e. The number of aliphatic carboxylic acids is 1. The van der Waals surface area contributed by atoms with E-state index in [-0.39, 0.29) is 0 Å². The summed E-state index contributed by atoms with van der Waals surface area (Å²) in [7, 11) is 0. The first-order valence-corrected chi connectivity index (χ1v) is 4.95. The van der Waals surface area contributed by atoms with E-state index in [9.17, 15) is 5.11 Å². The molecule has 1 aromatic carbocycles. The van der Waals surface area contributed by atoms with Gasteiger partial charge in [0.2, 0.25) is 0 Å². The van der Waals surface area contributed by atoms with Gasteiger partial charge >= 0.3 is 0 Å². The van der Waals surface area contributed by atoms with Crippen LogP contribution in [-0.4, -0.2) is 21.2 Å². The lowest BCUT2D eigenvalue weighted by molar-refractivity contribution is -0.134. The average Bonchev–Trinajstić information content (AvgIpc) is 2.47. The van der Waals surface area contributed by atoms with Gasteiger partial charge in [-0.15, -0.1) is 0 Å². The largest absolute Gasteiger partial charge is 0.506 e. The predicted molar refractivity (Wildman–Crippen MR) is 61.0 cm³/mol. The molecule has 0 unspecified atom stereocenters. The maximum Gasteiger partial charge on any atom is 0.300 e. The minimum absolute atomic E-state index is 0.293. The lowest BCUT2D eigenvalue weighted by Crippen LogP contribution is -1.78. The molecular formula is C10H10BrNO3. The molecule has 15 heavy (non-hydrogen) atoms. The lowest BCUT2D eigenvalue weighted by atomic mass is 10.2. The summed E-state index contributed by atoms with van der Waals surface area (Å²) in [6.45, 7) is 1.08. The van der Waals surface area contributed by atoms with Crippen molar-refractivity contribution in [3.63, 3.8) is 0 Å². The van der Waals surface area contributed by atoms with Crippen LogP contribution in [0, 0.1) is 0 Å². The first kappa shape index (κ1) is 11.6. The molecular weight excluding hydrogens is 262 g/mol. The van der Waals surface area contributed by atoms with Crippen molar-refractivity contribution in [2.24, 2.45) is 0 Å². The van der Waals surface area contributed by atoms with E-state index in [0.717, 1.165) is 22.3 Å². The van der Waals surface area contributed by atoms with Crippen molar-refractivity contribution in [2.75, 3.05) is 0 Å². The second-order valence-corrected chi connectivity index (χ2v) is 3.80. The van der Waals surface area contributed by atoms with Gasteiger partial charge in [-0.05, 0) is 18.2 Å². The molecule has 0 saturated heterocycles. The Morgan fingerprint density at radius 3 is 2.67 bits per heavy atom. The molecule has 0 spiro atoms. The Labute approximate surface area is 94.7 Å². The summed E-state index contributed by atoms with van der Waals surface area (Å²) in [5, 5.41) is 17.5. The Morgan fingerprint density at radius 1 is 1.47 bits per heavy atom. The van der Waals surface area contributed by atoms with Crippen LogP contribution in [0.3, 0.4) is 0 Å². The third kappa shape index (κ3) is 3.28. The number of benzene rings is 1. The van der Waals surface area contributed by atoms with Gasteiger partial charge in [0, 0.05) is 28.5 Å². The minimum atomic E-state index is -0.833. The van der Waals surface area contributed by atoms with Crippen LogP contribution < -0.4 is 0 Å². The van der Waals surface area contributed by atoms with Crippen molar-refractivity contribution in [1.29, 1.82) is 0 Å². The van der Waals surface area contributed by atoms with Gasteiger partial charge in [-0.1, -0.05) is 15.9 Å². The highest BCUT2D eigenvalue weighted by atomic mass is 79.9. The molecule has 0 aliphatic heterocycles. The summed E-state index contributed by atoms with van der Waals surface area (Å²) in [6.07, 6.45) is 1.58. The van der Waals surface area contributed by atoms with Gasteiger partial charge in [0.25, 0.3) is 5.97 Å². The molecule has 1 aromatic heterocycles. The molecule has 3 N–H and O–H groups in total. The van der Waals surface area contributed by atoms with Crippen LogP contribution in [0.15, 0.2) is 28.9 Å². The van der Waals surface area contributed by atoms with Crippen LogP contribution >= 0.6 is 15.9 Å². The monoisotopic (exact) mass is 271 g/mol. The number of rotatable bonds is 0.